The first kappa shape index (κ1) is 25.0. The molecule has 34 heavy (non-hydrogen) atoms. The van der Waals surface area contributed by atoms with Crippen molar-refractivity contribution >= 4 is 33.0 Å². The fourth-order valence-corrected chi connectivity index (χ4v) is 6.16. The summed E-state index contributed by atoms with van der Waals surface area (Å²) in [5, 5.41) is 11.5. The third kappa shape index (κ3) is 6.52. The Morgan fingerprint density at radius 1 is 1.15 bits per heavy atom. The van der Waals surface area contributed by atoms with E-state index >= 15 is 0 Å². The highest BCUT2D eigenvalue weighted by Crippen LogP contribution is 2.28. The van der Waals surface area contributed by atoms with Crippen LogP contribution in [-0.2, 0) is 16.4 Å². The number of halogens is 3. The Balaban J connectivity index is 1.44. The molecule has 2 atom stereocenters. The zero-order chi connectivity index (χ0) is 24.3. The zero-order valence-corrected chi connectivity index (χ0v) is 20.5. The minimum absolute atomic E-state index is 0.0229. The van der Waals surface area contributed by atoms with Gasteiger partial charge in [0.15, 0.2) is 9.84 Å². The van der Waals surface area contributed by atoms with Crippen LogP contribution in [0.2, 0.25) is 10.0 Å². The number of sulfone groups is 1. The van der Waals surface area contributed by atoms with Gasteiger partial charge in [0.25, 0.3) is 0 Å². The van der Waals surface area contributed by atoms with Gasteiger partial charge in [-0.05, 0) is 61.0 Å². The van der Waals surface area contributed by atoms with Crippen LogP contribution in [0.5, 0.6) is 5.75 Å². The highest BCUT2D eigenvalue weighted by Gasteiger charge is 2.33. The SMILES string of the molecule is O=S1(=O)CCC(N(Cc2ccc(-c3ccc(F)cc3)o2)CC(O)COc2ccc(Cl)cc2Cl)C1. The van der Waals surface area contributed by atoms with Crippen LogP contribution < -0.4 is 4.74 Å². The average molecular weight is 528 g/mol. The van der Waals surface area contributed by atoms with Gasteiger partial charge in [-0.3, -0.25) is 4.90 Å². The molecule has 0 aliphatic carbocycles. The maximum atomic E-state index is 13.2. The summed E-state index contributed by atoms with van der Waals surface area (Å²) in [5.74, 6) is 1.39. The molecule has 1 aliphatic rings. The van der Waals surface area contributed by atoms with Crippen LogP contribution in [0.3, 0.4) is 0 Å². The van der Waals surface area contributed by atoms with Crippen LogP contribution in [-0.4, -0.2) is 55.2 Å². The van der Waals surface area contributed by atoms with Crippen LogP contribution in [0.15, 0.2) is 59.0 Å². The van der Waals surface area contributed by atoms with Crippen molar-refractivity contribution < 1.29 is 27.1 Å². The molecular weight excluding hydrogens is 504 g/mol. The third-order valence-corrected chi connectivity index (χ3v) is 7.93. The fourth-order valence-electron chi connectivity index (χ4n) is 3.94. The van der Waals surface area contributed by atoms with E-state index in [0.717, 1.165) is 5.56 Å². The molecule has 3 aromatic rings. The number of furan rings is 1. The quantitative estimate of drug-likeness (QED) is 0.429. The molecular formula is C24H24Cl2FNO5S. The number of nitrogens with zero attached hydrogens (tertiary/aromatic N) is 1. The average Bonchev–Trinajstić information content (AvgIpc) is 3.39. The molecule has 2 unspecified atom stereocenters. The van der Waals surface area contributed by atoms with Crippen LogP contribution in [0.1, 0.15) is 12.2 Å². The molecule has 0 spiro atoms. The van der Waals surface area contributed by atoms with E-state index in [-0.39, 0.29) is 36.5 Å². The first-order valence-electron chi connectivity index (χ1n) is 10.7. The highest BCUT2D eigenvalue weighted by molar-refractivity contribution is 7.91. The molecule has 1 N–H and O–H groups in total. The van der Waals surface area contributed by atoms with Crippen molar-refractivity contribution in [2.24, 2.45) is 0 Å². The van der Waals surface area contributed by atoms with E-state index in [0.29, 0.717) is 40.3 Å². The van der Waals surface area contributed by atoms with E-state index < -0.39 is 15.9 Å². The van der Waals surface area contributed by atoms with Crippen molar-refractivity contribution in [1.29, 1.82) is 0 Å². The van der Waals surface area contributed by atoms with Crippen LogP contribution >= 0.6 is 23.2 Å². The number of aliphatic hydroxyl groups is 1. The lowest BCUT2D eigenvalue weighted by Gasteiger charge is -2.29. The summed E-state index contributed by atoms with van der Waals surface area (Å²) in [6.45, 7) is 0.453. The van der Waals surface area contributed by atoms with Crippen LogP contribution in [0, 0.1) is 5.82 Å². The van der Waals surface area contributed by atoms with Crippen LogP contribution in [0.4, 0.5) is 4.39 Å². The number of benzene rings is 2. The largest absolute Gasteiger partial charge is 0.489 e. The summed E-state index contributed by atoms with van der Waals surface area (Å²) in [6, 6.07) is 14.1. The van der Waals surface area contributed by atoms with E-state index in [2.05, 4.69) is 0 Å². The number of rotatable bonds is 9. The number of ether oxygens (including phenoxy) is 1. The molecule has 182 valence electrons. The van der Waals surface area contributed by atoms with Crippen molar-refractivity contribution in [3.8, 4) is 17.1 Å². The fraction of sp³-hybridized carbons (Fsp3) is 0.333. The van der Waals surface area contributed by atoms with Crippen molar-refractivity contribution in [3.63, 3.8) is 0 Å². The minimum atomic E-state index is -3.13. The Bertz CT molecular complexity index is 1230. The monoisotopic (exact) mass is 527 g/mol. The van der Waals surface area contributed by atoms with Gasteiger partial charge in [-0.25, -0.2) is 12.8 Å². The second kappa shape index (κ2) is 10.7. The maximum absolute atomic E-state index is 13.2. The standard InChI is InChI=1S/C24H24Cl2FNO5S/c25-17-3-7-24(22(26)11-17)32-14-20(29)12-28(19-9-10-34(30,31)15-19)13-21-6-8-23(33-21)16-1-4-18(27)5-2-16/h1-8,11,19-20,29H,9-10,12-15H2. The molecule has 10 heteroatoms. The molecule has 1 aromatic heterocycles. The van der Waals surface area contributed by atoms with Gasteiger partial charge in [0.1, 0.15) is 35.8 Å². The Morgan fingerprint density at radius 2 is 1.91 bits per heavy atom. The van der Waals surface area contributed by atoms with Crippen molar-refractivity contribution in [1.82, 2.24) is 4.90 Å². The molecule has 6 nitrogen and oxygen atoms in total. The lowest BCUT2D eigenvalue weighted by molar-refractivity contribution is 0.0498. The number of hydrogen-bond donors (Lipinski definition) is 1. The van der Waals surface area contributed by atoms with Crippen molar-refractivity contribution in [3.05, 3.63) is 76.2 Å². The Hall–Kier alpha value is -2.10. The molecule has 2 aromatic carbocycles. The molecule has 1 saturated heterocycles. The van der Waals surface area contributed by atoms with E-state index in [1.165, 1.54) is 12.1 Å². The predicted molar refractivity (Wildman–Crippen MR) is 130 cm³/mol. The maximum Gasteiger partial charge on any atom is 0.151 e. The molecule has 1 aliphatic heterocycles. The Labute approximate surface area is 207 Å². The lowest BCUT2D eigenvalue weighted by Crippen LogP contribution is -2.42. The molecule has 0 saturated carbocycles. The molecule has 4 rings (SSSR count). The van der Waals surface area contributed by atoms with E-state index in [9.17, 15) is 17.9 Å². The third-order valence-electron chi connectivity index (χ3n) is 5.64. The van der Waals surface area contributed by atoms with Gasteiger partial charge in [-0.1, -0.05) is 23.2 Å². The Kier molecular flexibility index (Phi) is 7.84. The van der Waals surface area contributed by atoms with Crippen LogP contribution in [0.25, 0.3) is 11.3 Å². The van der Waals surface area contributed by atoms with Gasteiger partial charge >= 0.3 is 0 Å². The highest BCUT2D eigenvalue weighted by atomic mass is 35.5. The second-order valence-corrected chi connectivity index (χ2v) is 11.4. The van der Waals surface area contributed by atoms with Gasteiger partial charge in [0.05, 0.1) is 23.1 Å². The lowest BCUT2D eigenvalue weighted by atomic mass is 10.2. The van der Waals surface area contributed by atoms with Gasteiger partial charge in [-0.15, -0.1) is 0 Å². The summed E-state index contributed by atoms with van der Waals surface area (Å²) >= 11 is 12.0. The number of aliphatic hydroxyl groups excluding tert-OH is 1. The zero-order valence-electron chi connectivity index (χ0n) is 18.2. The van der Waals surface area contributed by atoms with E-state index in [4.69, 9.17) is 32.4 Å². The van der Waals surface area contributed by atoms with Gasteiger partial charge < -0.3 is 14.3 Å². The summed E-state index contributed by atoms with van der Waals surface area (Å²) in [6.07, 6.45) is -0.425. The topological polar surface area (TPSA) is 80.0 Å². The summed E-state index contributed by atoms with van der Waals surface area (Å²) in [4.78, 5) is 1.90. The normalized spacial score (nSPS) is 18.3. The second-order valence-electron chi connectivity index (χ2n) is 8.30. The summed E-state index contributed by atoms with van der Waals surface area (Å²) in [7, 11) is -3.13. The summed E-state index contributed by atoms with van der Waals surface area (Å²) < 4.78 is 49.0. The van der Waals surface area contributed by atoms with E-state index in [1.807, 2.05) is 4.90 Å². The Morgan fingerprint density at radius 3 is 2.59 bits per heavy atom. The first-order valence-corrected chi connectivity index (χ1v) is 13.3. The molecule has 0 bridgehead atoms. The van der Waals surface area contributed by atoms with Gasteiger partial charge in [0.2, 0.25) is 0 Å². The van der Waals surface area contributed by atoms with E-state index in [1.54, 1.807) is 42.5 Å². The number of hydrogen-bond acceptors (Lipinski definition) is 6. The van der Waals surface area contributed by atoms with Crippen molar-refractivity contribution in [2.75, 3.05) is 24.7 Å². The van der Waals surface area contributed by atoms with Gasteiger partial charge in [0, 0.05) is 23.2 Å². The molecule has 0 amide bonds. The van der Waals surface area contributed by atoms with Gasteiger partial charge in [-0.2, -0.15) is 0 Å². The summed E-state index contributed by atoms with van der Waals surface area (Å²) in [5.41, 5.74) is 0.732. The molecule has 2 heterocycles. The predicted octanol–water partition coefficient (Wildman–Crippen LogP) is 4.82. The first-order chi connectivity index (χ1) is 16.2. The molecule has 1 fully saturated rings. The molecule has 0 radical (unpaired) electrons. The minimum Gasteiger partial charge on any atom is -0.489 e. The smallest absolute Gasteiger partial charge is 0.151 e. The van der Waals surface area contributed by atoms with Crippen molar-refractivity contribution in [2.45, 2.75) is 25.1 Å².